The number of rotatable bonds is 4. The Hall–Kier alpha value is -3.22. The lowest BCUT2D eigenvalue weighted by molar-refractivity contribution is -0.113. The van der Waals surface area contributed by atoms with Gasteiger partial charge >= 0.3 is 0 Å². The molecule has 1 aliphatic heterocycles. The summed E-state index contributed by atoms with van der Waals surface area (Å²) in [7, 11) is 0. The van der Waals surface area contributed by atoms with Crippen molar-refractivity contribution in [3.8, 4) is 0 Å². The molecule has 0 aliphatic carbocycles. The van der Waals surface area contributed by atoms with E-state index >= 15 is 0 Å². The van der Waals surface area contributed by atoms with Gasteiger partial charge in [0.2, 0.25) is 5.95 Å². The highest BCUT2D eigenvalue weighted by molar-refractivity contribution is 7.98. The van der Waals surface area contributed by atoms with Gasteiger partial charge in [-0.3, -0.25) is 9.36 Å². The second-order valence-electron chi connectivity index (χ2n) is 7.59. The number of carbonyl (C=O) groups excluding carboxylic acids is 1. The van der Waals surface area contributed by atoms with Gasteiger partial charge < -0.3 is 10.6 Å². The van der Waals surface area contributed by atoms with Gasteiger partial charge in [0.15, 0.2) is 0 Å². The molecule has 5 nitrogen and oxygen atoms in total. The van der Waals surface area contributed by atoms with Crippen molar-refractivity contribution in [2.75, 3.05) is 16.9 Å². The van der Waals surface area contributed by atoms with E-state index in [0.29, 0.717) is 16.3 Å². The number of carbonyl (C=O) groups is 1. The lowest BCUT2D eigenvalue weighted by Gasteiger charge is -2.30. The van der Waals surface area contributed by atoms with E-state index in [4.69, 9.17) is 16.6 Å². The first-order valence-corrected chi connectivity index (χ1v) is 11.8. The fourth-order valence-electron chi connectivity index (χ4n) is 4.09. The molecule has 0 unspecified atom stereocenters. The highest BCUT2D eigenvalue weighted by Gasteiger charge is 2.34. The van der Waals surface area contributed by atoms with Gasteiger partial charge in [-0.2, -0.15) is 0 Å². The van der Waals surface area contributed by atoms with Crippen molar-refractivity contribution >= 4 is 51.9 Å². The highest BCUT2D eigenvalue weighted by Crippen LogP contribution is 2.39. The molecule has 0 bridgehead atoms. The molecule has 160 valence electrons. The first kappa shape index (κ1) is 20.7. The molecule has 0 spiro atoms. The van der Waals surface area contributed by atoms with E-state index < -0.39 is 0 Å². The van der Waals surface area contributed by atoms with Gasteiger partial charge in [-0.05, 0) is 67.3 Å². The molecule has 0 saturated heterocycles. The number of benzene rings is 3. The first-order chi connectivity index (χ1) is 15.5. The zero-order valence-corrected chi connectivity index (χ0v) is 19.2. The number of hydrogen-bond donors (Lipinski definition) is 2. The Morgan fingerprint density at radius 1 is 1.06 bits per heavy atom. The molecule has 0 fully saturated rings. The predicted octanol–water partition coefficient (Wildman–Crippen LogP) is 6.34. The number of nitrogens with zero attached hydrogens (tertiary/aromatic N) is 2. The Morgan fingerprint density at radius 3 is 2.50 bits per heavy atom. The van der Waals surface area contributed by atoms with Crippen molar-refractivity contribution in [2.24, 2.45) is 0 Å². The molecule has 1 aliphatic rings. The average Bonchev–Trinajstić information content (AvgIpc) is 3.17. The fourth-order valence-corrected chi connectivity index (χ4v) is 4.63. The fraction of sp³-hybridized carbons (Fsp3) is 0.120. The van der Waals surface area contributed by atoms with Gasteiger partial charge in [-0.15, -0.1) is 11.8 Å². The largest absolute Gasteiger partial charge is 0.329 e. The third-order valence-electron chi connectivity index (χ3n) is 5.61. The van der Waals surface area contributed by atoms with Crippen LogP contribution in [0.1, 0.15) is 18.5 Å². The second-order valence-corrected chi connectivity index (χ2v) is 8.91. The molecule has 2 N–H and O–H groups in total. The summed E-state index contributed by atoms with van der Waals surface area (Å²) in [4.78, 5) is 19.5. The smallest absolute Gasteiger partial charge is 0.255 e. The average molecular weight is 461 g/mol. The molecule has 7 heteroatoms. The minimum Gasteiger partial charge on any atom is -0.329 e. The normalized spacial score (nSPS) is 15.4. The number of nitrogens with one attached hydrogen (secondary N) is 2. The minimum absolute atomic E-state index is 0.167. The minimum atomic E-state index is -0.318. The molecule has 32 heavy (non-hydrogen) atoms. The van der Waals surface area contributed by atoms with Crippen LogP contribution in [-0.4, -0.2) is 21.7 Å². The highest BCUT2D eigenvalue weighted by atomic mass is 35.5. The van der Waals surface area contributed by atoms with E-state index in [0.717, 1.165) is 28.2 Å². The SMILES string of the molecule is CSc1ccc([C@H]2C(C(=O)Nc3ccc(Cl)cc3)=C(C)Nc3nc4ccccc4n32)cc1. The second kappa shape index (κ2) is 8.37. The number of para-hydroxylation sites is 2. The van der Waals surface area contributed by atoms with Gasteiger partial charge in [-0.25, -0.2) is 4.98 Å². The number of anilines is 2. The summed E-state index contributed by atoms with van der Waals surface area (Å²) < 4.78 is 2.10. The van der Waals surface area contributed by atoms with Crippen LogP contribution in [0.5, 0.6) is 0 Å². The van der Waals surface area contributed by atoms with Gasteiger partial charge in [0.25, 0.3) is 5.91 Å². The van der Waals surface area contributed by atoms with E-state index in [1.54, 1.807) is 36.0 Å². The van der Waals surface area contributed by atoms with Crippen LogP contribution in [0.25, 0.3) is 11.0 Å². The summed E-state index contributed by atoms with van der Waals surface area (Å²) in [6.45, 7) is 1.92. The summed E-state index contributed by atoms with van der Waals surface area (Å²) in [6.07, 6.45) is 2.05. The Bertz CT molecular complexity index is 1340. The Labute approximate surface area is 195 Å². The standard InChI is InChI=1S/C25H21ClN4OS/c1-15-22(24(31)28-18-11-9-17(26)10-12-18)23(16-7-13-19(32-2)14-8-16)30-21-6-4-3-5-20(21)29-25(30)27-15/h3-14,23H,1-2H3,(H,27,29)(H,28,31)/t23-/m0/s1. The zero-order valence-electron chi connectivity index (χ0n) is 17.6. The van der Waals surface area contributed by atoms with E-state index in [1.807, 2.05) is 31.2 Å². The summed E-state index contributed by atoms with van der Waals surface area (Å²) >= 11 is 7.69. The van der Waals surface area contributed by atoms with Gasteiger partial charge in [0, 0.05) is 21.3 Å². The van der Waals surface area contributed by atoms with Crippen molar-refractivity contribution in [2.45, 2.75) is 17.9 Å². The van der Waals surface area contributed by atoms with Crippen LogP contribution in [0, 0.1) is 0 Å². The zero-order chi connectivity index (χ0) is 22.2. The number of amides is 1. The molecule has 1 aromatic heterocycles. The Morgan fingerprint density at radius 2 is 1.78 bits per heavy atom. The maximum absolute atomic E-state index is 13.6. The maximum Gasteiger partial charge on any atom is 0.255 e. The Kier molecular flexibility index (Phi) is 5.41. The van der Waals surface area contributed by atoms with Gasteiger partial charge in [0.1, 0.15) is 0 Å². The van der Waals surface area contributed by atoms with Crippen LogP contribution in [0.4, 0.5) is 11.6 Å². The van der Waals surface area contributed by atoms with Crippen molar-refractivity contribution in [1.82, 2.24) is 9.55 Å². The van der Waals surface area contributed by atoms with Crippen LogP contribution in [0.3, 0.4) is 0 Å². The molecular formula is C25H21ClN4OS. The monoisotopic (exact) mass is 460 g/mol. The third kappa shape index (κ3) is 3.66. The van der Waals surface area contributed by atoms with Crippen LogP contribution in [0.15, 0.2) is 89.0 Å². The van der Waals surface area contributed by atoms with Crippen LogP contribution >= 0.6 is 23.4 Å². The molecule has 4 aromatic rings. The molecule has 3 aromatic carbocycles. The third-order valence-corrected chi connectivity index (χ3v) is 6.60. The summed E-state index contributed by atoms with van der Waals surface area (Å²) in [5, 5.41) is 7.00. The number of fused-ring (bicyclic) bond motifs is 3. The molecule has 2 heterocycles. The topological polar surface area (TPSA) is 59.0 Å². The van der Waals surface area contributed by atoms with E-state index in [1.165, 1.54) is 4.90 Å². The van der Waals surface area contributed by atoms with Crippen LogP contribution in [-0.2, 0) is 4.79 Å². The summed E-state index contributed by atoms with van der Waals surface area (Å²) in [5.74, 6) is 0.561. The first-order valence-electron chi connectivity index (χ1n) is 10.2. The van der Waals surface area contributed by atoms with E-state index in [-0.39, 0.29) is 11.9 Å². The van der Waals surface area contributed by atoms with Crippen molar-refractivity contribution < 1.29 is 4.79 Å². The number of allylic oxidation sites excluding steroid dienone is 1. The van der Waals surface area contributed by atoms with E-state index in [2.05, 4.69) is 45.7 Å². The number of thioether (sulfide) groups is 1. The molecular weight excluding hydrogens is 440 g/mol. The van der Waals surface area contributed by atoms with Crippen molar-refractivity contribution in [3.63, 3.8) is 0 Å². The van der Waals surface area contributed by atoms with Crippen LogP contribution < -0.4 is 10.6 Å². The molecule has 1 amide bonds. The molecule has 1 atom stereocenters. The number of hydrogen-bond acceptors (Lipinski definition) is 4. The quantitative estimate of drug-likeness (QED) is 0.349. The molecule has 5 rings (SSSR count). The lowest BCUT2D eigenvalue weighted by atomic mass is 9.94. The van der Waals surface area contributed by atoms with Crippen molar-refractivity contribution in [1.29, 1.82) is 0 Å². The van der Waals surface area contributed by atoms with E-state index in [9.17, 15) is 4.79 Å². The number of aromatic nitrogens is 2. The Balaban J connectivity index is 1.64. The predicted molar refractivity (Wildman–Crippen MR) is 132 cm³/mol. The van der Waals surface area contributed by atoms with Gasteiger partial charge in [0.05, 0.1) is 22.6 Å². The summed E-state index contributed by atoms with van der Waals surface area (Å²) in [5.41, 5.74) is 4.99. The van der Waals surface area contributed by atoms with Crippen LogP contribution in [0.2, 0.25) is 5.02 Å². The molecule has 0 saturated carbocycles. The van der Waals surface area contributed by atoms with Crippen molar-refractivity contribution in [3.05, 3.63) is 94.7 Å². The number of imidazole rings is 1. The number of halogens is 1. The van der Waals surface area contributed by atoms with Gasteiger partial charge in [-0.1, -0.05) is 35.9 Å². The molecule has 0 radical (unpaired) electrons. The summed E-state index contributed by atoms with van der Waals surface area (Å²) in [6, 6.07) is 23.1. The lowest BCUT2D eigenvalue weighted by Crippen LogP contribution is -2.30. The maximum atomic E-state index is 13.6.